The summed E-state index contributed by atoms with van der Waals surface area (Å²) in [7, 11) is 1.36. The monoisotopic (exact) mass is 671 g/mol. The lowest BCUT2D eigenvalue weighted by molar-refractivity contribution is 0.0592. The van der Waals surface area contributed by atoms with Crippen LogP contribution in [0.5, 0.6) is 0 Å². The summed E-state index contributed by atoms with van der Waals surface area (Å²) in [6.07, 6.45) is 7.02. The number of carbonyl (C=O) groups excluding carboxylic acids is 1. The third-order valence-electron chi connectivity index (χ3n) is 7.42. The van der Waals surface area contributed by atoms with Crippen LogP contribution in [-0.2, 0) is 16.1 Å². The van der Waals surface area contributed by atoms with Crippen molar-refractivity contribution in [3.63, 3.8) is 0 Å². The third kappa shape index (κ3) is 5.17. The molecule has 2 saturated heterocycles. The van der Waals surface area contributed by atoms with Crippen LogP contribution < -0.4 is 14.5 Å². The highest BCUT2D eigenvalue weighted by Gasteiger charge is 2.51. The second-order valence-electron chi connectivity index (χ2n) is 10.8. The Bertz CT molecular complexity index is 1340. The molecule has 3 aromatic rings. The molecule has 38 heavy (non-hydrogen) atoms. The van der Waals surface area contributed by atoms with Crippen molar-refractivity contribution >= 4 is 68.8 Å². The first-order valence-electron chi connectivity index (χ1n) is 12.4. The van der Waals surface area contributed by atoms with Gasteiger partial charge in [0.1, 0.15) is 9.90 Å². The summed E-state index contributed by atoms with van der Waals surface area (Å²) >= 11 is 7.10. The lowest BCUT2D eigenvalue weighted by Crippen LogP contribution is -2.55. The number of ether oxygens (including phenoxy) is 1. The van der Waals surface area contributed by atoms with Crippen LogP contribution in [0.3, 0.4) is 0 Å². The van der Waals surface area contributed by atoms with E-state index < -0.39 is 17.3 Å². The smallest absolute Gasteiger partial charge is 0.358 e. The van der Waals surface area contributed by atoms with Gasteiger partial charge in [-0.25, -0.2) is 19.7 Å². The number of halogens is 2. The Balaban J connectivity index is 1.43. The van der Waals surface area contributed by atoms with E-state index in [0.717, 1.165) is 44.7 Å². The van der Waals surface area contributed by atoms with Crippen molar-refractivity contribution < 1.29 is 14.1 Å². The molecule has 2 atom stereocenters. The molecular formula is C25H31ClIN7O3S. The van der Waals surface area contributed by atoms with Crippen molar-refractivity contribution in [1.82, 2.24) is 24.1 Å². The first-order chi connectivity index (χ1) is 18.0. The summed E-state index contributed by atoms with van der Waals surface area (Å²) < 4.78 is 23.9. The zero-order valence-corrected chi connectivity index (χ0v) is 25.5. The molecule has 1 spiro atoms. The molecule has 0 saturated carbocycles. The second kappa shape index (κ2) is 10.6. The molecule has 0 aliphatic carbocycles. The normalized spacial score (nSPS) is 20.3. The van der Waals surface area contributed by atoms with E-state index in [-0.39, 0.29) is 21.9 Å². The fourth-order valence-electron chi connectivity index (χ4n) is 5.27. The van der Waals surface area contributed by atoms with E-state index in [9.17, 15) is 9.35 Å². The van der Waals surface area contributed by atoms with Gasteiger partial charge in [0.2, 0.25) is 5.95 Å². The predicted octanol–water partition coefficient (Wildman–Crippen LogP) is 3.70. The lowest BCUT2D eigenvalue weighted by Gasteiger charge is -2.43. The van der Waals surface area contributed by atoms with Crippen molar-refractivity contribution in [1.29, 1.82) is 0 Å². The summed E-state index contributed by atoms with van der Waals surface area (Å²) in [5.74, 6) is 0.192. The summed E-state index contributed by atoms with van der Waals surface area (Å²) in [5, 5.41) is 0.455. The standard InChI is InChI=1S/C25H31ClIN7O3S/c1-24(2,3)38(36)31-17-14-33(16-5-8-28-18(26)13-16)15-25(17)6-10-32(11-7-25)23-30-20(22(35)37-4)19(27)21-29-9-12-34(21)23/h5,8-9,12-13,17,31H,6-7,10-11,14-15H2,1-4H3/t17-,38-/m1/s1. The van der Waals surface area contributed by atoms with Gasteiger partial charge in [0.05, 0.1) is 16.7 Å². The highest BCUT2D eigenvalue weighted by Crippen LogP contribution is 2.44. The number of anilines is 2. The van der Waals surface area contributed by atoms with E-state index in [0.29, 0.717) is 20.3 Å². The quantitative estimate of drug-likeness (QED) is 0.188. The Labute approximate surface area is 244 Å². The minimum atomic E-state index is -1.21. The van der Waals surface area contributed by atoms with E-state index in [4.69, 9.17) is 21.3 Å². The maximum atomic E-state index is 13.2. The van der Waals surface area contributed by atoms with Crippen LogP contribution in [-0.4, -0.2) is 74.0 Å². The first kappa shape index (κ1) is 27.7. The Kier molecular flexibility index (Phi) is 7.72. The summed E-state index contributed by atoms with van der Waals surface area (Å²) in [4.78, 5) is 30.3. The number of nitrogens with one attached hydrogen (secondary N) is 1. The summed E-state index contributed by atoms with van der Waals surface area (Å²) in [6.45, 7) is 8.95. The maximum absolute atomic E-state index is 13.2. The fraction of sp³-hybridized carbons (Fsp3) is 0.520. The van der Waals surface area contributed by atoms with Gasteiger partial charge in [0.15, 0.2) is 11.3 Å². The van der Waals surface area contributed by atoms with Crippen LogP contribution in [0.15, 0.2) is 30.7 Å². The molecule has 3 aromatic heterocycles. The summed E-state index contributed by atoms with van der Waals surface area (Å²) in [6, 6.07) is 3.88. The van der Waals surface area contributed by atoms with Gasteiger partial charge in [0, 0.05) is 67.2 Å². The summed E-state index contributed by atoms with van der Waals surface area (Å²) in [5.41, 5.74) is 1.86. The number of pyridine rings is 1. The largest absolute Gasteiger partial charge is 0.598 e. The molecule has 0 radical (unpaired) electrons. The Hall–Kier alpha value is -1.87. The van der Waals surface area contributed by atoms with Crippen molar-refractivity contribution in [2.45, 2.75) is 44.4 Å². The molecule has 204 valence electrons. The number of fused-ring (bicyclic) bond motifs is 1. The first-order valence-corrected chi connectivity index (χ1v) is 15.0. The molecule has 0 aromatic carbocycles. The molecule has 2 aliphatic heterocycles. The fourth-order valence-corrected chi connectivity index (χ4v) is 7.12. The molecule has 0 unspecified atom stereocenters. The molecule has 13 heteroatoms. The number of methoxy groups -OCH3 is 1. The van der Waals surface area contributed by atoms with Crippen LogP contribution in [0.2, 0.25) is 5.15 Å². The number of esters is 1. The number of carbonyl (C=O) groups is 1. The molecule has 1 N–H and O–H groups in total. The van der Waals surface area contributed by atoms with Gasteiger partial charge < -0.3 is 19.1 Å². The minimum absolute atomic E-state index is 0.0280. The van der Waals surface area contributed by atoms with E-state index in [1.807, 2.05) is 43.5 Å². The number of aromatic nitrogens is 4. The van der Waals surface area contributed by atoms with Crippen LogP contribution in [0.25, 0.3) is 5.65 Å². The number of hydrogen-bond acceptors (Lipinski definition) is 9. The molecule has 0 amide bonds. The van der Waals surface area contributed by atoms with Crippen molar-refractivity contribution in [3.05, 3.63) is 45.1 Å². The number of hydrogen-bond donors (Lipinski definition) is 1. The van der Waals surface area contributed by atoms with Gasteiger partial charge in [-0.05, 0) is 68.3 Å². The van der Waals surface area contributed by atoms with Gasteiger partial charge in [-0.15, -0.1) is 4.72 Å². The second-order valence-corrected chi connectivity index (χ2v) is 14.3. The lowest BCUT2D eigenvalue weighted by atomic mass is 9.75. The van der Waals surface area contributed by atoms with Crippen LogP contribution in [0, 0.1) is 8.99 Å². The zero-order chi connectivity index (χ0) is 27.2. The van der Waals surface area contributed by atoms with Crippen molar-refractivity contribution in [2.75, 3.05) is 43.1 Å². The number of nitrogens with zero attached hydrogens (tertiary/aromatic N) is 6. The molecular weight excluding hydrogens is 641 g/mol. The zero-order valence-electron chi connectivity index (χ0n) is 21.8. The Morgan fingerprint density at radius 2 is 2.00 bits per heavy atom. The predicted molar refractivity (Wildman–Crippen MR) is 157 cm³/mol. The van der Waals surface area contributed by atoms with E-state index in [2.05, 4.69) is 47.1 Å². The SMILES string of the molecule is COC(=O)c1nc(N2CCC3(CC2)CN(c2ccnc(Cl)c2)C[C@H]3N[S@+]([O-])C(C)(C)C)n2ccnc2c1I. The van der Waals surface area contributed by atoms with Gasteiger partial charge in [-0.3, -0.25) is 4.40 Å². The van der Waals surface area contributed by atoms with E-state index in [1.54, 1.807) is 12.4 Å². The molecule has 10 nitrogen and oxygen atoms in total. The average Bonchev–Trinajstić information content (AvgIpc) is 3.50. The third-order valence-corrected chi connectivity index (χ3v) is 10.2. The molecule has 2 aliphatic rings. The highest BCUT2D eigenvalue weighted by molar-refractivity contribution is 14.1. The molecule has 0 bridgehead atoms. The number of imidazole rings is 1. The minimum Gasteiger partial charge on any atom is -0.598 e. The van der Waals surface area contributed by atoms with Gasteiger partial charge >= 0.3 is 5.97 Å². The van der Waals surface area contributed by atoms with Gasteiger partial charge in [-0.2, -0.15) is 0 Å². The van der Waals surface area contributed by atoms with E-state index in [1.165, 1.54) is 7.11 Å². The van der Waals surface area contributed by atoms with Crippen molar-refractivity contribution in [2.24, 2.45) is 5.41 Å². The highest BCUT2D eigenvalue weighted by atomic mass is 127. The number of piperidine rings is 1. The maximum Gasteiger partial charge on any atom is 0.358 e. The molecule has 5 rings (SSSR count). The van der Waals surface area contributed by atoms with Crippen LogP contribution >= 0.6 is 34.2 Å². The molecule has 2 fully saturated rings. The van der Waals surface area contributed by atoms with Crippen molar-refractivity contribution in [3.8, 4) is 0 Å². The van der Waals surface area contributed by atoms with E-state index >= 15 is 0 Å². The average molecular weight is 672 g/mol. The van der Waals surface area contributed by atoms with Gasteiger partial charge in [0.25, 0.3) is 0 Å². The Morgan fingerprint density at radius 1 is 1.26 bits per heavy atom. The number of rotatable bonds is 5. The van der Waals surface area contributed by atoms with Crippen LogP contribution in [0.4, 0.5) is 11.6 Å². The van der Waals surface area contributed by atoms with Gasteiger partial charge in [-0.1, -0.05) is 11.6 Å². The topological polar surface area (TPSA) is 111 Å². The Morgan fingerprint density at radius 3 is 2.66 bits per heavy atom. The molecule has 5 heterocycles. The van der Waals surface area contributed by atoms with Crippen LogP contribution in [0.1, 0.15) is 44.1 Å².